The van der Waals surface area contributed by atoms with Gasteiger partial charge in [0.25, 0.3) is 5.56 Å². The van der Waals surface area contributed by atoms with Crippen molar-refractivity contribution in [1.29, 1.82) is 0 Å². The van der Waals surface area contributed by atoms with Crippen LogP contribution in [0.5, 0.6) is 5.75 Å². The Morgan fingerprint density at radius 2 is 1.85 bits per heavy atom. The molecule has 0 saturated carbocycles. The molecule has 1 aliphatic rings. The number of likely N-dealkylation sites (N-methyl/N-ethyl adjacent to an activating group) is 1. The van der Waals surface area contributed by atoms with Crippen LogP contribution in [0.15, 0.2) is 71.7 Å². The molecule has 0 unspecified atom stereocenters. The number of benzene rings is 2. The van der Waals surface area contributed by atoms with E-state index in [9.17, 15) is 13.6 Å². The molecule has 0 spiro atoms. The van der Waals surface area contributed by atoms with Gasteiger partial charge in [-0.25, -0.2) is 0 Å². The monoisotopic (exact) mass is 471 g/mol. The number of halogens is 3. The van der Waals surface area contributed by atoms with Crippen molar-refractivity contribution < 1.29 is 13.5 Å². The lowest BCUT2D eigenvalue weighted by Gasteiger charge is -2.24. The van der Waals surface area contributed by atoms with E-state index in [4.69, 9.17) is 4.74 Å². The first-order valence-electron chi connectivity index (χ1n) is 10.5. The van der Waals surface area contributed by atoms with E-state index in [1.807, 2.05) is 54.4 Å². The van der Waals surface area contributed by atoms with E-state index >= 15 is 0 Å². The maximum atomic E-state index is 14.0. The third-order valence-corrected chi connectivity index (χ3v) is 5.98. The van der Waals surface area contributed by atoms with Gasteiger partial charge in [0.2, 0.25) is 0 Å². The highest BCUT2D eigenvalue weighted by atomic mass is 35.5. The Morgan fingerprint density at radius 1 is 1.06 bits per heavy atom. The summed E-state index contributed by atoms with van der Waals surface area (Å²) in [6.45, 7) is -0.968. The van der Waals surface area contributed by atoms with E-state index < -0.39 is 6.55 Å². The second-order valence-electron chi connectivity index (χ2n) is 8.11. The predicted molar refractivity (Wildman–Crippen MR) is 127 cm³/mol. The molecule has 0 bridgehead atoms. The molecule has 0 atom stereocenters. The van der Waals surface area contributed by atoms with Crippen LogP contribution in [0.25, 0.3) is 16.6 Å². The number of fused-ring (bicyclic) bond motifs is 3. The fourth-order valence-corrected chi connectivity index (χ4v) is 4.39. The average Bonchev–Trinajstić information content (AvgIpc) is 3.11. The number of rotatable bonds is 5. The van der Waals surface area contributed by atoms with Crippen molar-refractivity contribution in [3.8, 4) is 11.4 Å². The first-order chi connectivity index (χ1) is 15.5. The van der Waals surface area contributed by atoms with Gasteiger partial charge in [0.15, 0.2) is 0 Å². The zero-order valence-corrected chi connectivity index (χ0v) is 18.9. The molecule has 0 amide bonds. The van der Waals surface area contributed by atoms with Crippen LogP contribution in [0.1, 0.15) is 23.4 Å². The molecule has 0 radical (unpaired) electrons. The Kier molecular flexibility index (Phi) is 6.54. The Morgan fingerprint density at radius 3 is 2.58 bits per heavy atom. The molecule has 3 heterocycles. The molecule has 0 saturated heterocycles. The Balaban J connectivity index is 0.00000259. The molecular formula is C25H24ClF2N3O2. The Hall–Kier alpha value is -3.16. The topological polar surface area (TPSA) is 39.4 Å². The molecule has 2 aromatic carbocycles. The summed E-state index contributed by atoms with van der Waals surface area (Å²) in [5.41, 5.74) is 3.34. The van der Waals surface area contributed by atoms with Crippen LogP contribution in [0.2, 0.25) is 0 Å². The van der Waals surface area contributed by atoms with Gasteiger partial charge < -0.3 is 9.64 Å². The molecule has 0 fully saturated rings. The smallest absolute Gasteiger partial charge is 0.319 e. The van der Waals surface area contributed by atoms with E-state index in [1.54, 1.807) is 18.3 Å². The third kappa shape index (κ3) is 4.38. The molecule has 5 nitrogen and oxygen atoms in total. The highest BCUT2D eigenvalue weighted by Crippen LogP contribution is 2.35. The van der Waals surface area contributed by atoms with Gasteiger partial charge in [-0.05, 0) is 42.8 Å². The lowest BCUT2D eigenvalue weighted by Crippen LogP contribution is -2.27. The zero-order valence-electron chi connectivity index (χ0n) is 18.1. The van der Waals surface area contributed by atoms with E-state index in [0.29, 0.717) is 35.8 Å². The minimum Gasteiger partial charge on any atom is -0.489 e. The lowest BCUT2D eigenvalue weighted by molar-refractivity contribution is 0.0691. The summed E-state index contributed by atoms with van der Waals surface area (Å²) >= 11 is 0. The van der Waals surface area contributed by atoms with Crippen molar-refractivity contribution in [3.63, 3.8) is 0 Å². The van der Waals surface area contributed by atoms with Crippen LogP contribution in [0, 0.1) is 0 Å². The molecular weight excluding hydrogens is 448 g/mol. The quantitative estimate of drug-likeness (QED) is 0.403. The number of hydrogen-bond donors (Lipinski definition) is 0. The summed E-state index contributed by atoms with van der Waals surface area (Å²) in [5.74, 6) is 0.464. The number of hydrogen-bond acceptors (Lipinski definition) is 3. The van der Waals surface area contributed by atoms with Crippen LogP contribution in [-0.4, -0.2) is 27.6 Å². The minimum atomic E-state index is -2.64. The van der Waals surface area contributed by atoms with Gasteiger partial charge in [0, 0.05) is 36.4 Å². The third-order valence-electron chi connectivity index (χ3n) is 5.98. The van der Waals surface area contributed by atoms with Gasteiger partial charge in [-0.3, -0.25) is 13.9 Å². The average molecular weight is 472 g/mol. The lowest BCUT2D eigenvalue weighted by atomic mass is 10.0. The minimum absolute atomic E-state index is 0. The second kappa shape index (κ2) is 9.37. The van der Waals surface area contributed by atoms with Gasteiger partial charge in [-0.2, -0.15) is 8.78 Å². The first-order valence-corrected chi connectivity index (χ1v) is 10.5. The van der Waals surface area contributed by atoms with Crippen molar-refractivity contribution in [1.82, 2.24) is 14.0 Å². The van der Waals surface area contributed by atoms with Crippen molar-refractivity contribution in [2.75, 3.05) is 13.6 Å². The van der Waals surface area contributed by atoms with Gasteiger partial charge >= 0.3 is 6.55 Å². The molecule has 0 aliphatic carbocycles. The van der Waals surface area contributed by atoms with Gasteiger partial charge in [-0.1, -0.05) is 36.4 Å². The predicted octanol–water partition coefficient (Wildman–Crippen LogP) is 5.18. The van der Waals surface area contributed by atoms with Crippen LogP contribution < -0.4 is 10.3 Å². The van der Waals surface area contributed by atoms with Crippen LogP contribution in [0.4, 0.5) is 8.78 Å². The normalized spacial score (nSPS) is 13.7. The highest BCUT2D eigenvalue weighted by Gasteiger charge is 2.26. The number of alkyl halides is 2. The molecule has 1 aliphatic heterocycles. The fourth-order valence-electron chi connectivity index (χ4n) is 4.39. The second-order valence-corrected chi connectivity index (χ2v) is 8.11. The van der Waals surface area contributed by atoms with E-state index in [2.05, 4.69) is 0 Å². The van der Waals surface area contributed by atoms with E-state index in [0.717, 1.165) is 34.0 Å². The molecule has 8 heteroatoms. The SMILES string of the molecule is CN1CCc2c(n(C(F)F)c3cc(-n4ccc(OCc5ccccc5)cc4=O)ccc23)C1.Cl. The molecule has 5 rings (SSSR count). The van der Waals surface area contributed by atoms with Gasteiger partial charge in [0.1, 0.15) is 12.4 Å². The number of ether oxygens (including phenoxy) is 1. The molecule has 33 heavy (non-hydrogen) atoms. The molecule has 2 aromatic heterocycles. The van der Waals surface area contributed by atoms with E-state index in [-0.39, 0.29) is 18.0 Å². The van der Waals surface area contributed by atoms with Crippen molar-refractivity contribution in [2.24, 2.45) is 0 Å². The summed E-state index contributed by atoms with van der Waals surface area (Å²) in [7, 11) is 1.93. The fraction of sp³-hybridized carbons (Fsp3) is 0.240. The summed E-state index contributed by atoms with van der Waals surface area (Å²) in [6.07, 6.45) is 2.35. The molecule has 0 N–H and O–H groups in total. The van der Waals surface area contributed by atoms with Crippen LogP contribution in [-0.2, 0) is 19.6 Å². The molecule has 4 aromatic rings. The number of pyridine rings is 1. The van der Waals surface area contributed by atoms with Crippen molar-refractivity contribution >= 4 is 23.3 Å². The standard InChI is InChI=1S/C25H23F2N3O2.ClH/c1-28-11-10-21-20-8-7-18(13-22(20)30(25(26)27)23(21)15-28)29-12-9-19(14-24(29)31)32-16-17-5-3-2-4-6-17;/h2-9,12-14,25H,10-11,15-16H2,1H3;1H. The van der Waals surface area contributed by atoms with Crippen molar-refractivity contribution in [2.45, 2.75) is 26.1 Å². The number of nitrogens with zero attached hydrogens (tertiary/aromatic N) is 3. The summed E-state index contributed by atoms with van der Waals surface area (Å²) < 4.78 is 36.3. The van der Waals surface area contributed by atoms with Gasteiger partial charge in [-0.15, -0.1) is 12.4 Å². The zero-order chi connectivity index (χ0) is 22.2. The highest BCUT2D eigenvalue weighted by molar-refractivity contribution is 5.87. The Labute approximate surface area is 196 Å². The summed E-state index contributed by atoms with van der Waals surface area (Å²) in [5, 5.41) is 0.827. The maximum absolute atomic E-state index is 14.0. The number of aromatic nitrogens is 2. The largest absolute Gasteiger partial charge is 0.489 e. The first kappa shape index (κ1) is 23.0. The summed E-state index contributed by atoms with van der Waals surface area (Å²) in [4.78, 5) is 14.8. The summed E-state index contributed by atoms with van der Waals surface area (Å²) in [6, 6.07) is 18.1. The Bertz CT molecular complexity index is 1330. The maximum Gasteiger partial charge on any atom is 0.319 e. The van der Waals surface area contributed by atoms with Gasteiger partial charge in [0.05, 0.1) is 11.2 Å². The molecule has 172 valence electrons. The van der Waals surface area contributed by atoms with Crippen LogP contribution in [0.3, 0.4) is 0 Å². The van der Waals surface area contributed by atoms with Crippen LogP contribution >= 0.6 is 12.4 Å². The van der Waals surface area contributed by atoms with Crippen molar-refractivity contribution in [3.05, 3.63) is 94.0 Å². The van der Waals surface area contributed by atoms with E-state index in [1.165, 1.54) is 10.6 Å².